The molecule has 2 bridgehead atoms. The van der Waals surface area contributed by atoms with Gasteiger partial charge in [-0.1, -0.05) is 32.9 Å². The minimum Gasteiger partial charge on any atom is -0.489 e. The lowest BCUT2D eigenvalue weighted by Gasteiger charge is -2.39. The minimum absolute atomic E-state index is 0.299. The zero-order valence-corrected chi connectivity index (χ0v) is 13.2. The van der Waals surface area contributed by atoms with Crippen molar-refractivity contribution in [3.63, 3.8) is 0 Å². The van der Waals surface area contributed by atoms with Gasteiger partial charge in [0.1, 0.15) is 11.9 Å². The topological polar surface area (TPSA) is 35.2 Å². The Kier molecular flexibility index (Phi) is 3.13. The largest absolute Gasteiger partial charge is 0.489 e. The van der Waals surface area contributed by atoms with Crippen molar-refractivity contribution in [1.29, 1.82) is 0 Å². The third-order valence-corrected chi connectivity index (χ3v) is 6.43. The van der Waals surface area contributed by atoms with Crippen LogP contribution < -0.4 is 10.5 Å². The normalized spacial score (nSPS) is 34.5. The lowest BCUT2D eigenvalue weighted by Crippen LogP contribution is -2.39. The summed E-state index contributed by atoms with van der Waals surface area (Å²) in [5.74, 6) is 1.81. The molecule has 3 atom stereocenters. The van der Waals surface area contributed by atoms with Crippen LogP contribution in [0.15, 0.2) is 18.2 Å². The first kappa shape index (κ1) is 13.9. The fourth-order valence-electron chi connectivity index (χ4n) is 4.40. The predicted octanol–water partition coefficient (Wildman–Crippen LogP) is 4.05. The Balaban J connectivity index is 1.88. The highest BCUT2D eigenvalue weighted by atomic mass is 16.5. The summed E-state index contributed by atoms with van der Waals surface area (Å²) in [7, 11) is 0. The van der Waals surface area contributed by atoms with Crippen molar-refractivity contribution < 1.29 is 4.74 Å². The monoisotopic (exact) mass is 273 g/mol. The summed E-state index contributed by atoms with van der Waals surface area (Å²) in [5, 5.41) is 0. The quantitative estimate of drug-likeness (QED) is 0.901. The molecule has 110 valence electrons. The van der Waals surface area contributed by atoms with E-state index in [1.165, 1.54) is 24.8 Å². The van der Waals surface area contributed by atoms with Gasteiger partial charge in [-0.25, -0.2) is 0 Å². The first-order chi connectivity index (χ1) is 9.38. The van der Waals surface area contributed by atoms with Crippen LogP contribution in [0, 0.1) is 23.7 Å². The van der Waals surface area contributed by atoms with Crippen LogP contribution in [0.25, 0.3) is 0 Å². The molecule has 1 aromatic rings. The van der Waals surface area contributed by atoms with E-state index in [1.54, 1.807) is 0 Å². The molecule has 0 heterocycles. The molecule has 2 aliphatic carbocycles. The van der Waals surface area contributed by atoms with E-state index in [1.807, 2.05) is 0 Å². The van der Waals surface area contributed by atoms with E-state index in [0.29, 0.717) is 23.5 Å². The van der Waals surface area contributed by atoms with E-state index in [-0.39, 0.29) is 0 Å². The Morgan fingerprint density at radius 1 is 1.30 bits per heavy atom. The highest BCUT2D eigenvalue weighted by Crippen LogP contribution is 2.66. The van der Waals surface area contributed by atoms with Gasteiger partial charge in [0.05, 0.1) is 0 Å². The summed E-state index contributed by atoms with van der Waals surface area (Å²) < 4.78 is 6.47. The summed E-state index contributed by atoms with van der Waals surface area (Å²) in [6.45, 7) is 9.93. The molecule has 0 saturated heterocycles. The lowest BCUT2D eigenvalue weighted by molar-refractivity contribution is 0.0296. The highest BCUT2D eigenvalue weighted by Gasteiger charge is 2.62. The summed E-state index contributed by atoms with van der Waals surface area (Å²) >= 11 is 0. The molecule has 0 aromatic heterocycles. The van der Waals surface area contributed by atoms with Crippen LogP contribution in [-0.2, 0) is 6.54 Å². The Bertz CT molecular complexity index is 522. The number of nitrogens with two attached hydrogens (primary N) is 1. The van der Waals surface area contributed by atoms with Crippen LogP contribution in [0.1, 0.15) is 51.2 Å². The van der Waals surface area contributed by atoms with Gasteiger partial charge >= 0.3 is 0 Å². The van der Waals surface area contributed by atoms with Crippen molar-refractivity contribution in [3.8, 4) is 5.75 Å². The van der Waals surface area contributed by atoms with E-state index >= 15 is 0 Å². The molecule has 3 unspecified atom stereocenters. The van der Waals surface area contributed by atoms with E-state index < -0.39 is 0 Å². The summed E-state index contributed by atoms with van der Waals surface area (Å²) in [4.78, 5) is 0. The number of benzene rings is 1. The third-order valence-electron chi connectivity index (χ3n) is 6.43. The van der Waals surface area contributed by atoms with Crippen molar-refractivity contribution in [2.24, 2.45) is 22.5 Å². The van der Waals surface area contributed by atoms with Gasteiger partial charge in [0, 0.05) is 17.5 Å². The maximum Gasteiger partial charge on any atom is 0.124 e. The Labute approximate surface area is 122 Å². The van der Waals surface area contributed by atoms with Gasteiger partial charge in [-0.3, -0.25) is 0 Å². The van der Waals surface area contributed by atoms with E-state index in [9.17, 15) is 0 Å². The second kappa shape index (κ2) is 4.49. The van der Waals surface area contributed by atoms with E-state index in [2.05, 4.69) is 45.9 Å². The van der Waals surface area contributed by atoms with Crippen molar-refractivity contribution in [2.45, 2.75) is 59.6 Å². The Morgan fingerprint density at radius 2 is 2.05 bits per heavy atom. The summed E-state index contributed by atoms with van der Waals surface area (Å²) in [5.41, 5.74) is 8.91. The van der Waals surface area contributed by atoms with Gasteiger partial charge in [-0.2, -0.15) is 0 Å². The zero-order valence-electron chi connectivity index (χ0n) is 13.2. The van der Waals surface area contributed by atoms with Gasteiger partial charge in [0.25, 0.3) is 0 Å². The first-order valence-electron chi connectivity index (χ1n) is 7.85. The highest BCUT2D eigenvalue weighted by molar-refractivity contribution is 5.37. The number of ether oxygens (including phenoxy) is 1. The second-order valence-corrected chi connectivity index (χ2v) is 7.53. The zero-order chi connectivity index (χ0) is 14.5. The first-order valence-corrected chi connectivity index (χ1v) is 7.85. The SMILES string of the molecule is Cc1ccc(CN)c(OC2CC3CCC2(C)C3(C)C)c1. The van der Waals surface area contributed by atoms with Crippen molar-refractivity contribution in [1.82, 2.24) is 0 Å². The van der Waals surface area contributed by atoms with Gasteiger partial charge in [0.2, 0.25) is 0 Å². The molecule has 0 aliphatic heterocycles. The Hall–Kier alpha value is -1.02. The molecule has 3 rings (SSSR count). The molecular weight excluding hydrogens is 246 g/mol. The standard InChI is InChI=1S/C18H27NO/c1-12-5-6-13(11-19)15(9-12)20-16-10-14-7-8-18(16,4)17(14,2)3/h5-6,9,14,16H,7-8,10-11,19H2,1-4H3. The third kappa shape index (κ3) is 1.81. The molecule has 2 saturated carbocycles. The fourth-order valence-corrected chi connectivity index (χ4v) is 4.40. The summed E-state index contributed by atoms with van der Waals surface area (Å²) in [6.07, 6.45) is 4.19. The number of hydrogen-bond donors (Lipinski definition) is 1. The molecule has 0 amide bonds. The molecule has 2 fully saturated rings. The van der Waals surface area contributed by atoms with E-state index in [4.69, 9.17) is 10.5 Å². The molecular formula is C18H27NO. The van der Waals surface area contributed by atoms with Crippen LogP contribution in [-0.4, -0.2) is 6.10 Å². The molecule has 0 spiro atoms. The van der Waals surface area contributed by atoms with Crippen molar-refractivity contribution >= 4 is 0 Å². The van der Waals surface area contributed by atoms with Crippen molar-refractivity contribution in [3.05, 3.63) is 29.3 Å². The van der Waals surface area contributed by atoms with Crippen LogP contribution in [0.4, 0.5) is 0 Å². The maximum atomic E-state index is 6.47. The molecule has 2 heteroatoms. The van der Waals surface area contributed by atoms with Gasteiger partial charge < -0.3 is 10.5 Å². The second-order valence-electron chi connectivity index (χ2n) is 7.53. The molecule has 20 heavy (non-hydrogen) atoms. The van der Waals surface area contributed by atoms with Gasteiger partial charge in [-0.15, -0.1) is 0 Å². The number of rotatable bonds is 3. The average molecular weight is 273 g/mol. The van der Waals surface area contributed by atoms with Crippen LogP contribution in [0.5, 0.6) is 5.75 Å². The van der Waals surface area contributed by atoms with Crippen molar-refractivity contribution in [2.75, 3.05) is 0 Å². The fraction of sp³-hybridized carbons (Fsp3) is 0.667. The van der Waals surface area contributed by atoms with E-state index in [0.717, 1.165) is 17.2 Å². The molecule has 2 aliphatic rings. The summed E-state index contributed by atoms with van der Waals surface area (Å²) in [6, 6.07) is 6.36. The van der Waals surface area contributed by atoms with Crippen LogP contribution in [0.2, 0.25) is 0 Å². The maximum absolute atomic E-state index is 6.47. The predicted molar refractivity (Wildman–Crippen MR) is 82.7 cm³/mol. The number of hydrogen-bond acceptors (Lipinski definition) is 2. The number of fused-ring (bicyclic) bond motifs is 2. The van der Waals surface area contributed by atoms with Gasteiger partial charge in [0.15, 0.2) is 0 Å². The number of aryl methyl sites for hydroxylation is 1. The van der Waals surface area contributed by atoms with Gasteiger partial charge in [-0.05, 0) is 49.1 Å². The average Bonchev–Trinajstić information content (AvgIpc) is 2.72. The van der Waals surface area contributed by atoms with Crippen LogP contribution >= 0.6 is 0 Å². The molecule has 2 N–H and O–H groups in total. The molecule has 2 nitrogen and oxygen atoms in total. The Morgan fingerprint density at radius 3 is 2.60 bits per heavy atom. The lowest BCUT2D eigenvalue weighted by atomic mass is 9.70. The smallest absolute Gasteiger partial charge is 0.124 e. The minimum atomic E-state index is 0.299. The molecule has 0 radical (unpaired) electrons. The van der Waals surface area contributed by atoms with Crippen LogP contribution in [0.3, 0.4) is 0 Å². The molecule has 1 aromatic carbocycles.